The number of aromatic nitrogens is 3. The van der Waals surface area contributed by atoms with Crippen LogP contribution in [-0.2, 0) is 6.54 Å². The number of imidazole rings is 1. The highest BCUT2D eigenvalue weighted by atomic mass is 35.5. The quantitative estimate of drug-likeness (QED) is 0.551. The standard InChI is InChI=1S/C21H25ClN4O2/c1-4-5-6-11-25(3)16-8-7-15(17(22)12-16)13-26-14(2)23-18-9-10-19(21(27)28)24-20(18)26/h7-10,12H,4-6,11,13H2,1-3H3,(H,27,28). The molecule has 0 aliphatic carbocycles. The summed E-state index contributed by atoms with van der Waals surface area (Å²) in [4.78, 5) is 22.2. The number of carboxylic acids is 1. The summed E-state index contributed by atoms with van der Waals surface area (Å²) >= 11 is 6.56. The number of rotatable bonds is 8. The zero-order valence-corrected chi connectivity index (χ0v) is 17.2. The van der Waals surface area contributed by atoms with Crippen molar-refractivity contribution in [1.82, 2.24) is 14.5 Å². The molecule has 7 heteroatoms. The molecular weight excluding hydrogens is 376 g/mol. The van der Waals surface area contributed by atoms with Gasteiger partial charge in [-0.2, -0.15) is 0 Å². The Kier molecular flexibility index (Phi) is 6.19. The van der Waals surface area contributed by atoms with Gasteiger partial charge in [0.15, 0.2) is 11.3 Å². The van der Waals surface area contributed by atoms with Crippen molar-refractivity contribution in [2.24, 2.45) is 0 Å². The third kappa shape index (κ3) is 4.28. The average Bonchev–Trinajstić information content (AvgIpc) is 2.98. The lowest BCUT2D eigenvalue weighted by atomic mass is 10.1. The van der Waals surface area contributed by atoms with Crippen LogP contribution in [0, 0.1) is 6.92 Å². The molecular formula is C21H25ClN4O2. The van der Waals surface area contributed by atoms with Crippen LogP contribution in [0.25, 0.3) is 11.2 Å². The van der Waals surface area contributed by atoms with E-state index in [4.69, 9.17) is 11.6 Å². The van der Waals surface area contributed by atoms with Crippen LogP contribution < -0.4 is 4.90 Å². The Labute approximate surface area is 169 Å². The van der Waals surface area contributed by atoms with Crippen LogP contribution in [0.3, 0.4) is 0 Å². The minimum Gasteiger partial charge on any atom is -0.477 e. The van der Waals surface area contributed by atoms with E-state index >= 15 is 0 Å². The first-order valence-electron chi connectivity index (χ1n) is 9.47. The normalized spacial score (nSPS) is 11.1. The zero-order valence-electron chi connectivity index (χ0n) is 16.4. The molecule has 6 nitrogen and oxygen atoms in total. The Morgan fingerprint density at radius 1 is 1.21 bits per heavy atom. The zero-order chi connectivity index (χ0) is 20.3. The number of fused-ring (bicyclic) bond motifs is 1. The molecule has 0 saturated carbocycles. The molecule has 0 aliphatic rings. The Morgan fingerprint density at radius 2 is 2.00 bits per heavy atom. The predicted octanol–water partition coefficient (Wildman–Crippen LogP) is 4.77. The number of anilines is 1. The maximum absolute atomic E-state index is 11.3. The molecule has 28 heavy (non-hydrogen) atoms. The van der Waals surface area contributed by atoms with Gasteiger partial charge in [0.2, 0.25) is 0 Å². The smallest absolute Gasteiger partial charge is 0.354 e. The number of halogens is 1. The summed E-state index contributed by atoms with van der Waals surface area (Å²) in [5, 5.41) is 9.89. The van der Waals surface area contributed by atoms with Crippen LogP contribution in [-0.4, -0.2) is 39.2 Å². The first-order valence-corrected chi connectivity index (χ1v) is 9.85. The topological polar surface area (TPSA) is 71.2 Å². The van der Waals surface area contributed by atoms with E-state index in [0.717, 1.165) is 30.0 Å². The SMILES string of the molecule is CCCCCN(C)c1ccc(Cn2c(C)nc3ccc(C(=O)O)nc32)c(Cl)c1. The van der Waals surface area contributed by atoms with E-state index in [-0.39, 0.29) is 5.69 Å². The molecule has 2 aromatic heterocycles. The van der Waals surface area contributed by atoms with Gasteiger partial charge in [-0.3, -0.25) is 0 Å². The van der Waals surface area contributed by atoms with Crippen LogP contribution in [0.15, 0.2) is 30.3 Å². The molecule has 0 saturated heterocycles. The summed E-state index contributed by atoms with van der Waals surface area (Å²) in [6.07, 6.45) is 3.57. The molecule has 148 valence electrons. The molecule has 1 aromatic carbocycles. The predicted molar refractivity (Wildman–Crippen MR) is 113 cm³/mol. The van der Waals surface area contributed by atoms with Crippen LogP contribution >= 0.6 is 11.6 Å². The Hall–Kier alpha value is -2.60. The fraction of sp³-hybridized carbons (Fsp3) is 0.381. The van der Waals surface area contributed by atoms with Crippen LogP contribution in [0.4, 0.5) is 5.69 Å². The number of carbonyl (C=O) groups is 1. The van der Waals surface area contributed by atoms with E-state index in [1.54, 1.807) is 6.07 Å². The highest BCUT2D eigenvalue weighted by molar-refractivity contribution is 6.31. The number of aryl methyl sites for hydroxylation is 1. The highest BCUT2D eigenvalue weighted by Crippen LogP contribution is 2.26. The monoisotopic (exact) mass is 400 g/mol. The summed E-state index contributed by atoms with van der Waals surface area (Å²) in [7, 11) is 2.08. The molecule has 0 atom stereocenters. The first-order chi connectivity index (χ1) is 13.4. The van der Waals surface area contributed by atoms with Gasteiger partial charge in [0.1, 0.15) is 11.3 Å². The van der Waals surface area contributed by atoms with Crippen molar-refractivity contribution in [1.29, 1.82) is 0 Å². The molecule has 0 amide bonds. The second kappa shape index (κ2) is 8.61. The van der Waals surface area contributed by atoms with Crippen molar-refractivity contribution in [3.8, 4) is 0 Å². The number of nitrogens with zero attached hydrogens (tertiary/aromatic N) is 4. The van der Waals surface area contributed by atoms with Crippen molar-refractivity contribution in [3.63, 3.8) is 0 Å². The van der Waals surface area contributed by atoms with Gasteiger partial charge in [-0.1, -0.05) is 37.4 Å². The molecule has 1 N–H and O–H groups in total. The average molecular weight is 401 g/mol. The fourth-order valence-electron chi connectivity index (χ4n) is 3.22. The van der Waals surface area contributed by atoms with Gasteiger partial charge >= 0.3 is 5.97 Å². The second-order valence-electron chi connectivity index (χ2n) is 6.99. The molecule has 0 spiro atoms. The third-order valence-electron chi connectivity index (χ3n) is 4.91. The van der Waals surface area contributed by atoms with E-state index in [1.807, 2.05) is 23.6 Å². The first kappa shape index (κ1) is 20.1. The molecule has 0 radical (unpaired) electrons. The number of hydrogen-bond donors (Lipinski definition) is 1. The largest absolute Gasteiger partial charge is 0.477 e. The van der Waals surface area contributed by atoms with E-state index in [1.165, 1.54) is 18.9 Å². The molecule has 0 fully saturated rings. The number of unbranched alkanes of at least 4 members (excludes halogenated alkanes) is 2. The Morgan fingerprint density at radius 3 is 2.68 bits per heavy atom. The second-order valence-corrected chi connectivity index (χ2v) is 7.40. The summed E-state index contributed by atoms with van der Waals surface area (Å²) in [6, 6.07) is 9.22. The van der Waals surface area contributed by atoms with E-state index in [0.29, 0.717) is 22.7 Å². The highest BCUT2D eigenvalue weighted by Gasteiger charge is 2.14. The van der Waals surface area contributed by atoms with Crippen molar-refractivity contribution in [2.75, 3.05) is 18.5 Å². The molecule has 3 aromatic rings. The van der Waals surface area contributed by atoms with Gasteiger partial charge in [0.25, 0.3) is 0 Å². The van der Waals surface area contributed by atoms with Crippen LogP contribution in [0.2, 0.25) is 5.02 Å². The van der Waals surface area contributed by atoms with Crippen molar-refractivity contribution in [2.45, 2.75) is 39.7 Å². The van der Waals surface area contributed by atoms with Crippen molar-refractivity contribution < 1.29 is 9.90 Å². The minimum absolute atomic E-state index is 0.00352. The van der Waals surface area contributed by atoms with Gasteiger partial charge in [-0.05, 0) is 43.2 Å². The van der Waals surface area contributed by atoms with Crippen molar-refractivity contribution >= 4 is 34.4 Å². The maximum Gasteiger partial charge on any atom is 0.354 e. The third-order valence-corrected chi connectivity index (χ3v) is 5.26. The summed E-state index contributed by atoms with van der Waals surface area (Å²) in [5.41, 5.74) is 3.25. The van der Waals surface area contributed by atoms with Gasteiger partial charge < -0.3 is 14.6 Å². The summed E-state index contributed by atoms with van der Waals surface area (Å²) < 4.78 is 1.90. The number of benzene rings is 1. The lowest BCUT2D eigenvalue weighted by Crippen LogP contribution is -2.18. The number of hydrogen-bond acceptors (Lipinski definition) is 4. The van der Waals surface area contributed by atoms with E-state index in [2.05, 4.69) is 34.9 Å². The van der Waals surface area contributed by atoms with Gasteiger partial charge in [0, 0.05) is 24.3 Å². The van der Waals surface area contributed by atoms with Gasteiger partial charge in [-0.15, -0.1) is 0 Å². The number of pyridine rings is 1. The molecule has 0 unspecified atom stereocenters. The van der Waals surface area contributed by atoms with Crippen LogP contribution in [0.1, 0.15) is 48.1 Å². The van der Waals surface area contributed by atoms with Crippen molar-refractivity contribution in [3.05, 3.63) is 52.4 Å². The molecule has 2 heterocycles. The van der Waals surface area contributed by atoms with Gasteiger partial charge in [-0.25, -0.2) is 14.8 Å². The lowest BCUT2D eigenvalue weighted by molar-refractivity contribution is 0.0691. The Bertz CT molecular complexity index is 999. The van der Waals surface area contributed by atoms with Gasteiger partial charge in [0.05, 0.1) is 6.54 Å². The molecule has 3 rings (SSSR count). The summed E-state index contributed by atoms with van der Waals surface area (Å²) in [5.74, 6) is -0.289. The maximum atomic E-state index is 11.3. The number of aromatic carboxylic acids is 1. The lowest BCUT2D eigenvalue weighted by Gasteiger charge is -2.20. The molecule has 0 bridgehead atoms. The van der Waals surface area contributed by atoms with Crippen LogP contribution in [0.5, 0.6) is 0 Å². The number of carboxylic acid groups (broad SMARTS) is 1. The molecule has 0 aliphatic heterocycles. The Balaban J connectivity index is 1.86. The fourth-order valence-corrected chi connectivity index (χ4v) is 3.46. The minimum atomic E-state index is -1.05. The van der Waals surface area contributed by atoms with E-state index < -0.39 is 5.97 Å². The van der Waals surface area contributed by atoms with E-state index in [9.17, 15) is 9.90 Å². The summed E-state index contributed by atoms with van der Waals surface area (Å²) in [6.45, 7) is 5.56.